The predicted molar refractivity (Wildman–Crippen MR) is 68.8 cm³/mol. The van der Waals surface area contributed by atoms with E-state index in [1.807, 2.05) is 0 Å². The Balaban J connectivity index is 2.46. The molecule has 1 heterocycles. The van der Waals surface area contributed by atoms with Crippen molar-refractivity contribution >= 4 is 51.1 Å². The van der Waals surface area contributed by atoms with E-state index in [1.165, 1.54) is 34.2 Å². The van der Waals surface area contributed by atoms with Gasteiger partial charge in [0.25, 0.3) is 0 Å². The van der Waals surface area contributed by atoms with Gasteiger partial charge in [0.15, 0.2) is 0 Å². The molecule has 1 aromatic carbocycles. The summed E-state index contributed by atoms with van der Waals surface area (Å²) in [6.45, 7) is 1.19. The highest BCUT2D eigenvalue weighted by Gasteiger charge is 2.13. The maximum atomic E-state index is 2.39. The highest BCUT2D eigenvalue weighted by atomic mass is 127. The lowest BCUT2D eigenvalue weighted by molar-refractivity contribution is 0.805. The first kappa shape index (κ1) is 9.05. The summed E-state index contributed by atoms with van der Waals surface area (Å²) in [5.74, 6) is 0. The van der Waals surface area contributed by atoms with Gasteiger partial charge in [0, 0.05) is 15.8 Å². The van der Waals surface area contributed by atoms with E-state index in [0.29, 0.717) is 0 Å². The molecule has 0 aliphatic carbocycles. The van der Waals surface area contributed by atoms with Gasteiger partial charge in [-0.25, -0.2) is 0 Å². The van der Waals surface area contributed by atoms with E-state index in [0.717, 1.165) is 0 Å². The second-order valence-corrected chi connectivity index (χ2v) is 5.37. The van der Waals surface area contributed by atoms with Crippen molar-refractivity contribution < 1.29 is 0 Å². The molecule has 0 fully saturated rings. The van der Waals surface area contributed by atoms with Crippen molar-refractivity contribution in [2.45, 2.75) is 12.8 Å². The average Bonchev–Trinajstić information content (AvgIpc) is 2.04. The first-order valence-electron chi connectivity index (χ1n) is 3.99. The van der Waals surface area contributed by atoms with Crippen LogP contribution in [-0.4, -0.2) is 6.54 Å². The standard InChI is InChI=1S/C9H9I2N/c10-8-3-4-9-7(6-8)2-1-5-12(9)11/h3-4,6H,1-2,5H2. The molecule has 0 bridgehead atoms. The van der Waals surface area contributed by atoms with Gasteiger partial charge >= 0.3 is 0 Å². The lowest BCUT2D eigenvalue weighted by atomic mass is 10.0. The Bertz CT molecular complexity index is 299. The van der Waals surface area contributed by atoms with Crippen molar-refractivity contribution in [3.8, 4) is 0 Å². The molecular weight excluding hydrogens is 376 g/mol. The van der Waals surface area contributed by atoms with Crippen molar-refractivity contribution in [1.82, 2.24) is 0 Å². The molecule has 0 unspecified atom stereocenters. The highest BCUT2D eigenvalue weighted by Crippen LogP contribution is 2.30. The highest BCUT2D eigenvalue weighted by molar-refractivity contribution is 14.1. The van der Waals surface area contributed by atoms with Gasteiger partial charge in [-0.2, -0.15) is 0 Å². The van der Waals surface area contributed by atoms with E-state index >= 15 is 0 Å². The number of rotatable bonds is 0. The number of nitrogens with zero attached hydrogens (tertiary/aromatic N) is 1. The average molecular weight is 385 g/mol. The molecule has 2 rings (SSSR count). The Morgan fingerprint density at radius 2 is 2.17 bits per heavy atom. The second-order valence-electron chi connectivity index (χ2n) is 2.96. The molecule has 0 atom stereocenters. The summed E-state index contributed by atoms with van der Waals surface area (Å²) >= 11 is 4.76. The van der Waals surface area contributed by atoms with Crippen LogP contribution in [0.3, 0.4) is 0 Å². The Kier molecular flexibility index (Phi) is 2.78. The topological polar surface area (TPSA) is 3.24 Å². The minimum Gasteiger partial charge on any atom is -0.315 e. The first-order chi connectivity index (χ1) is 5.77. The molecule has 3 heteroatoms. The van der Waals surface area contributed by atoms with Crippen molar-refractivity contribution in [2.75, 3.05) is 9.66 Å². The molecule has 1 aromatic rings. The van der Waals surface area contributed by atoms with Crippen molar-refractivity contribution in [3.63, 3.8) is 0 Å². The fourth-order valence-electron chi connectivity index (χ4n) is 1.52. The smallest absolute Gasteiger partial charge is 0.0591 e. The molecule has 1 aliphatic rings. The largest absolute Gasteiger partial charge is 0.315 e. The van der Waals surface area contributed by atoms with Gasteiger partial charge in [-0.3, -0.25) is 0 Å². The summed E-state index contributed by atoms with van der Waals surface area (Å²) in [4.78, 5) is 0. The summed E-state index contributed by atoms with van der Waals surface area (Å²) in [7, 11) is 0. The number of benzene rings is 1. The molecule has 0 N–H and O–H groups in total. The minimum absolute atomic E-state index is 1.19. The van der Waals surface area contributed by atoms with Crippen LogP contribution in [0.1, 0.15) is 12.0 Å². The van der Waals surface area contributed by atoms with Gasteiger partial charge in [0.2, 0.25) is 0 Å². The maximum absolute atomic E-state index is 2.39. The zero-order valence-electron chi connectivity index (χ0n) is 6.56. The molecule has 64 valence electrons. The van der Waals surface area contributed by atoms with Crippen LogP contribution in [0.5, 0.6) is 0 Å². The maximum Gasteiger partial charge on any atom is 0.0591 e. The zero-order chi connectivity index (χ0) is 8.55. The second kappa shape index (κ2) is 3.69. The lowest BCUT2D eigenvalue weighted by Crippen LogP contribution is -2.18. The van der Waals surface area contributed by atoms with Crippen LogP contribution in [-0.2, 0) is 6.42 Å². The number of halogens is 2. The summed E-state index contributed by atoms with van der Waals surface area (Å²) in [5, 5.41) is 0. The lowest BCUT2D eigenvalue weighted by Gasteiger charge is -2.25. The summed E-state index contributed by atoms with van der Waals surface area (Å²) in [6.07, 6.45) is 2.53. The van der Waals surface area contributed by atoms with Gasteiger partial charge < -0.3 is 3.11 Å². The summed E-state index contributed by atoms with van der Waals surface area (Å²) < 4.78 is 3.66. The van der Waals surface area contributed by atoms with E-state index in [1.54, 1.807) is 0 Å². The molecule has 0 radical (unpaired) electrons. The quantitative estimate of drug-likeness (QED) is 0.489. The fourth-order valence-corrected chi connectivity index (χ4v) is 2.89. The van der Waals surface area contributed by atoms with Crippen molar-refractivity contribution in [1.29, 1.82) is 0 Å². The van der Waals surface area contributed by atoms with E-state index in [-0.39, 0.29) is 0 Å². The van der Waals surface area contributed by atoms with Crippen LogP contribution >= 0.6 is 45.5 Å². The van der Waals surface area contributed by atoms with Crippen LogP contribution in [0.4, 0.5) is 5.69 Å². The predicted octanol–water partition coefficient (Wildman–Crippen LogP) is 3.39. The van der Waals surface area contributed by atoms with Gasteiger partial charge in [0.05, 0.1) is 22.9 Å². The third-order valence-electron chi connectivity index (χ3n) is 2.10. The SMILES string of the molecule is Ic1ccc2c(c1)CCCN2I. The minimum atomic E-state index is 1.19. The van der Waals surface area contributed by atoms with Gasteiger partial charge in [0.1, 0.15) is 0 Å². The van der Waals surface area contributed by atoms with Crippen LogP contribution in [0, 0.1) is 3.57 Å². The Morgan fingerprint density at radius 1 is 1.33 bits per heavy atom. The van der Waals surface area contributed by atoms with Gasteiger partial charge in [-0.05, 0) is 59.2 Å². The fraction of sp³-hybridized carbons (Fsp3) is 0.333. The van der Waals surface area contributed by atoms with Gasteiger partial charge in [-0.1, -0.05) is 0 Å². The third-order valence-corrected chi connectivity index (χ3v) is 3.78. The van der Waals surface area contributed by atoms with Crippen molar-refractivity contribution in [2.24, 2.45) is 0 Å². The van der Waals surface area contributed by atoms with Crippen LogP contribution in [0.2, 0.25) is 0 Å². The zero-order valence-corrected chi connectivity index (χ0v) is 10.9. The summed E-state index contributed by atoms with van der Waals surface area (Å²) in [6, 6.07) is 6.69. The molecular formula is C9H9I2N. The van der Waals surface area contributed by atoms with E-state index in [4.69, 9.17) is 0 Å². The number of hydrogen-bond donors (Lipinski definition) is 0. The van der Waals surface area contributed by atoms with Crippen LogP contribution in [0.15, 0.2) is 18.2 Å². The molecule has 1 aliphatic heterocycles. The Morgan fingerprint density at radius 3 is 3.00 bits per heavy atom. The number of fused-ring (bicyclic) bond motifs is 1. The van der Waals surface area contributed by atoms with E-state index in [2.05, 4.69) is 66.8 Å². The first-order valence-corrected chi connectivity index (χ1v) is 6.03. The van der Waals surface area contributed by atoms with E-state index < -0.39 is 0 Å². The van der Waals surface area contributed by atoms with E-state index in [9.17, 15) is 0 Å². The normalized spacial score (nSPS) is 16.0. The van der Waals surface area contributed by atoms with Crippen LogP contribution in [0.25, 0.3) is 0 Å². The molecule has 0 saturated heterocycles. The summed E-state index contributed by atoms with van der Waals surface area (Å²) in [5.41, 5.74) is 2.91. The molecule has 0 amide bonds. The van der Waals surface area contributed by atoms with Gasteiger partial charge in [-0.15, -0.1) is 0 Å². The third kappa shape index (κ3) is 1.71. The molecule has 12 heavy (non-hydrogen) atoms. The Labute approximate surface area is 100 Å². The Hall–Kier alpha value is 0.480. The molecule has 0 aromatic heterocycles. The number of anilines is 1. The van der Waals surface area contributed by atoms with Crippen molar-refractivity contribution in [3.05, 3.63) is 27.3 Å². The van der Waals surface area contributed by atoms with Crippen LogP contribution < -0.4 is 3.11 Å². The monoisotopic (exact) mass is 385 g/mol. The molecule has 0 spiro atoms. The number of hydrogen-bond acceptors (Lipinski definition) is 1. The number of aryl methyl sites for hydroxylation is 1. The molecule has 0 saturated carbocycles. The molecule has 1 nitrogen and oxygen atoms in total.